The highest BCUT2D eigenvalue weighted by molar-refractivity contribution is 6.24. The first-order chi connectivity index (χ1) is 17.7. The lowest BCUT2D eigenvalue weighted by Gasteiger charge is -2.46. The Kier molecular flexibility index (Phi) is 5.12. The van der Waals surface area contributed by atoms with E-state index in [9.17, 15) is 9.90 Å². The molecule has 2 aromatic carbocycles. The van der Waals surface area contributed by atoms with Crippen LogP contribution in [-0.2, 0) is 20.8 Å². The Labute approximate surface area is 214 Å². The first kappa shape index (κ1) is 23.5. The molecule has 1 amide bonds. The van der Waals surface area contributed by atoms with Crippen LogP contribution in [0.1, 0.15) is 48.0 Å². The fourth-order valence-electron chi connectivity index (χ4n) is 6.32. The molecule has 0 aliphatic carbocycles. The molecule has 8 heteroatoms. The average Bonchev–Trinajstić information content (AvgIpc) is 3.48. The number of para-hydroxylation sites is 1. The van der Waals surface area contributed by atoms with Crippen LogP contribution in [0, 0.1) is 0 Å². The maximum absolute atomic E-state index is 13.2. The van der Waals surface area contributed by atoms with Gasteiger partial charge >= 0.3 is 0 Å². The van der Waals surface area contributed by atoms with E-state index in [-0.39, 0.29) is 12.1 Å². The fraction of sp³-hybridized carbons (Fsp3) is 0.310. The molecule has 190 valence electrons. The van der Waals surface area contributed by atoms with Crippen molar-refractivity contribution in [2.75, 3.05) is 18.6 Å². The number of amides is 1. The molecule has 8 nitrogen and oxygen atoms in total. The van der Waals surface area contributed by atoms with Crippen LogP contribution in [0.4, 0.5) is 5.69 Å². The number of nitrogens with one attached hydrogen (secondary N) is 1. The molecule has 7 rings (SSSR count). The van der Waals surface area contributed by atoms with Gasteiger partial charge in [0.05, 0.1) is 29.4 Å². The van der Waals surface area contributed by atoms with Gasteiger partial charge in [0.1, 0.15) is 11.8 Å². The van der Waals surface area contributed by atoms with Crippen molar-refractivity contribution in [3.8, 4) is 0 Å². The number of hydrogen-bond donors (Lipinski definition) is 2. The van der Waals surface area contributed by atoms with Crippen molar-refractivity contribution in [3.63, 3.8) is 0 Å². The Bertz CT molecular complexity index is 1560. The van der Waals surface area contributed by atoms with Gasteiger partial charge in [0.25, 0.3) is 12.4 Å². The largest absolute Gasteiger partial charge is 0.471 e. The van der Waals surface area contributed by atoms with Gasteiger partial charge in [-0.25, -0.2) is 0 Å². The van der Waals surface area contributed by atoms with E-state index in [2.05, 4.69) is 44.3 Å². The lowest BCUT2D eigenvalue weighted by atomic mass is 9.86. The zero-order valence-electron chi connectivity index (χ0n) is 21.1. The summed E-state index contributed by atoms with van der Waals surface area (Å²) in [5.41, 5.74) is 4.40. The highest BCUT2D eigenvalue weighted by Crippen LogP contribution is 2.57. The monoisotopic (exact) mass is 499 g/mol. The van der Waals surface area contributed by atoms with Gasteiger partial charge in [-0.2, -0.15) is 0 Å². The second kappa shape index (κ2) is 8.06. The minimum absolute atomic E-state index is 0.0504. The van der Waals surface area contributed by atoms with Crippen LogP contribution in [0.3, 0.4) is 0 Å². The zero-order chi connectivity index (χ0) is 26.1. The van der Waals surface area contributed by atoms with Gasteiger partial charge in [0.2, 0.25) is 0 Å². The Morgan fingerprint density at radius 1 is 1.24 bits per heavy atom. The molecular weight excluding hydrogens is 470 g/mol. The summed E-state index contributed by atoms with van der Waals surface area (Å²) in [6, 6.07) is 8.18. The Morgan fingerprint density at radius 2 is 2.00 bits per heavy atom. The number of nitrogens with zero attached hydrogens (tertiary/aromatic N) is 2. The van der Waals surface area contributed by atoms with Crippen molar-refractivity contribution >= 4 is 45.4 Å². The molecule has 3 atom stereocenters. The second-order valence-electron chi connectivity index (χ2n) is 10.2. The van der Waals surface area contributed by atoms with Crippen LogP contribution in [0.15, 0.2) is 55.1 Å². The first-order valence-electron chi connectivity index (χ1n) is 12.3. The van der Waals surface area contributed by atoms with E-state index in [4.69, 9.17) is 9.53 Å². The topological polar surface area (TPSA) is 93.0 Å². The second-order valence-corrected chi connectivity index (χ2v) is 10.2. The van der Waals surface area contributed by atoms with Gasteiger partial charge in [-0.05, 0) is 31.1 Å². The number of hydrogen-bond acceptors (Lipinski definition) is 6. The van der Waals surface area contributed by atoms with E-state index < -0.39 is 11.3 Å². The predicted molar refractivity (Wildman–Crippen MR) is 142 cm³/mol. The lowest BCUT2D eigenvalue weighted by molar-refractivity contribution is -0.126. The molecule has 0 saturated carbocycles. The summed E-state index contributed by atoms with van der Waals surface area (Å²) in [7, 11) is 1.31. The molecule has 1 saturated heterocycles. The predicted octanol–water partition coefficient (Wildman–Crippen LogP) is 4.17. The van der Waals surface area contributed by atoms with Crippen LogP contribution in [0.5, 0.6) is 0 Å². The van der Waals surface area contributed by atoms with E-state index in [1.54, 1.807) is 0 Å². The normalized spacial score (nSPS) is 28.9. The van der Waals surface area contributed by atoms with Gasteiger partial charge in [-0.15, -0.1) is 0 Å². The highest BCUT2D eigenvalue weighted by atomic mass is 16.6. The first-order valence-corrected chi connectivity index (χ1v) is 12.3. The van der Waals surface area contributed by atoms with E-state index in [0.717, 1.165) is 49.8 Å². The molecule has 37 heavy (non-hydrogen) atoms. The molecule has 4 aliphatic heterocycles. The number of ether oxygens (including phenoxy) is 2. The van der Waals surface area contributed by atoms with Crippen molar-refractivity contribution < 1.29 is 24.2 Å². The number of methoxy groups -OCH3 is 1. The lowest BCUT2D eigenvalue weighted by Crippen LogP contribution is -2.59. The Morgan fingerprint density at radius 3 is 2.76 bits per heavy atom. The van der Waals surface area contributed by atoms with E-state index in [0.29, 0.717) is 26.0 Å². The number of allylic oxidation sites excluding steroid dienone is 4. The number of rotatable bonds is 1. The van der Waals surface area contributed by atoms with Crippen LogP contribution >= 0.6 is 0 Å². The third-order valence-corrected chi connectivity index (χ3v) is 8.14. The summed E-state index contributed by atoms with van der Waals surface area (Å²) in [5, 5.41) is 16.7. The van der Waals surface area contributed by atoms with E-state index in [1.165, 1.54) is 7.11 Å². The van der Waals surface area contributed by atoms with Crippen LogP contribution in [0.2, 0.25) is 0 Å². The van der Waals surface area contributed by atoms with Gasteiger partial charge in [-0.1, -0.05) is 49.1 Å². The maximum atomic E-state index is 13.2. The van der Waals surface area contributed by atoms with Crippen molar-refractivity contribution in [2.24, 2.45) is 0 Å². The van der Waals surface area contributed by atoms with Crippen molar-refractivity contribution in [2.45, 2.75) is 44.4 Å². The molecule has 0 spiro atoms. The molecule has 1 aromatic heterocycles. The van der Waals surface area contributed by atoms with Gasteiger partial charge in [0.15, 0.2) is 5.72 Å². The highest BCUT2D eigenvalue weighted by Gasteiger charge is 2.60. The van der Waals surface area contributed by atoms with Crippen LogP contribution in [0.25, 0.3) is 27.4 Å². The fourth-order valence-corrected chi connectivity index (χ4v) is 6.32. The minimum Gasteiger partial charge on any atom is -0.471 e. The Balaban J connectivity index is 0.000000590. The summed E-state index contributed by atoms with van der Waals surface area (Å²) >= 11 is 0. The molecule has 2 unspecified atom stereocenters. The van der Waals surface area contributed by atoms with Crippen LogP contribution < -0.4 is 10.2 Å². The van der Waals surface area contributed by atoms with Crippen molar-refractivity contribution in [3.05, 3.63) is 71.8 Å². The standard InChI is InChI=1S/C27H25N3O3.C2H4O2/c1-15-9-5-4-8-12-29-23-20(15)17-14-28-25(31)22(17)21-16-10-6-7-11-18(16)30(24(21)23)19-13-26(2,32)27(29,3)33-19;1-4-2-3/h4-11,19,32H,1,12-14H2,2-3H3,(H,28,31);2H,1H3/b8-4-,9-5-;/t19?,26?,27-;/m0./s1. The average molecular weight is 500 g/mol. The van der Waals surface area contributed by atoms with Crippen molar-refractivity contribution in [1.29, 1.82) is 0 Å². The van der Waals surface area contributed by atoms with E-state index in [1.807, 2.05) is 44.2 Å². The number of aromatic nitrogens is 1. The molecule has 2 N–H and O–H groups in total. The third-order valence-electron chi connectivity index (χ3n) is 8.14. The summed E-state index contributed by atoms with van der Waals surface area (Å²) < 4.78 is 12.8. The third kappa shape index (κ3) is 3.03. The molecule has 0 radical (unpaired) electrons. The van der Waals surface area contributed by atoms with Crippen LogP contribution in [-0.4, -0.2) is 47.0 Å². The quantitative estimate of drug-likeness (QED) is 0.488. The minimum atomic E-state index is -1.09. The summed E-state index contributed by atoms with van der Waals surface area (Å²) in [5.74, 6) is -0.0504. The molecule has 5 heterocycles. The maximum Gasteiger partial charge on any atom is 0.292 e. The number of benzene rings is 2. The number of carbonyl (C=O) groups excluding carboxylic acids is 2. The SMILES string of the molecule is C=C1/C=C\C=C/CN2c3c1c1c(c4c5ccccc5n(c34)C3CC(C)(O)[C@]2(C)O3)C(=O)NC1.COC=O. The zero-order valence-corrected chi connectivity index (χ0v) is 21.1. The summed E-state index contributed by atoms with van der Waals surface area (Å²) in [6.07, 6.45) is 8.16. The van der Waals surface area contributed by atoms with Crippen molar-refractivity contribution in [1.82, 2.24) is 9.88 Å². The number of fused-ring (bicyclic) bond motifs is 10. The number of aliphatic hydroxyl groups is 1. The molecular formula is C29H29N3O5. The van der Waals surface area contributed by atoms with Gasteiger partial charge in [-0.3, -0.25) is 9.59 Å². The molecule has 2 bridgehead atoms. The molecule has 3 aromatic rings. The molecule has 1 fully saturated rings. The summed E-state index contributed by atoms with van der Waals surface area (Å²) in [6.45, 7) is 9.64. The summed E-state index contributed by atoms with van der Waals surface area (Å²) in [4.78, 5) is 24.3. The molecule has 4 aliphatic rings. The van der Waals surface area contributed by atoms with E-state index >= 15 is 0 Å². The number of anilines is 1. The Hall–Kier alpha value is -3.88. The number of carbonyl (C=O) groups is 2. The van der Waals surface area contributed by atoms with Gasteiger partial charge in [0, 0.05) is 35.8 Å². The smallest absolute Gasteiger partial charge is 0.292 e. The van der Waals surface area contributed by atoms with Gasteiger partial charge < -0.3 is 29.4 Å².